The Kier molecular flexibility index (Phi) is 4.87. The highest BCUT2D eigenvalue weighted by atomic mass is 19.1. The summed E-state index contributed by atoms with van der Waals surface area (Å²) in [6.07, 6.45) is 8.43. The third kappa shape index (κ3) is 3.39. The molecule has 0 atom stereocenters. The Hall–Kier alpha value is -3.50. The van der Waals surface area contributed by atoms with Gasteiger partial charge in [-0.15, -0.1) is 0 Å². The molecule has 146 valence electrons. The third-order valence-electron chi connectivity index (χ3n) is 5.09. The van der Waals surface area contributed by atoms with Crippen LogP contribution in [-0.4, -0.2) is 37.4 Å². The molecule has 1 aliphatic rings. The van der Waals surface area contributed by atoms with Crippen molar-refractivity contribution in [2.75, 3.05) is 13.6 Å². The number of likely N-dealkylation sites (N-methyl/N-ethyl adjacent to an activating group) is 1. The van der Waals surface area contributed by atoms with Crippen molar-refractivity contribution in [2.45, 2.75) is 20.0 Å². The molecule has 0 spiro atoms. The summed E-state index contributed by atoms with van der Waals surface area (Å²) in [4.78, 5) is 11.4. The van der Waals surface area contributed by atoms with E-state index >= 15 is 0 Å². The van der Waals surface area contributed by atoms with Gasteiger partial charge in [0.05, 0.1) is 24.1 Å². The smallest absolute Gasteiger partial charge is 0.144 e. The van der Waals surface area contributed by atoms with E-state index in [4.69, 9.17) is 4.98 Å². The molecule has 0 saturated heterocycles. The molecule has 0 N–H and O–H groups in total. The number of nitriles is 1. The first-order valence-corrected chi connectivity index (χ1v) is 9.36. The van der Waals surface area contributed by atoms with Crippen LogP contribution in [0.5, 0.6) is 0 Å². The van der Waals surface area contributed by atoms with Gasteiger partial charge in [0.25, 0.3) is 0 Å². The number of fused-ring (bicyclic) bond motifs is 2. The minimum absolute atomic E-state index is 0.474. The van der Waals surface area contributed by atoms with E-state index in [-0.39, 0.29) is 0 Å². The first kappa shape index (κ1) is 18.8. The van der Waals surface area contributed by atoms with Crippen molar-refractivity contribution >= 4 is 11.2 Å². The van der Waals surface area contributed by atoms with Crippen molar-refractivity contribution in [3.05, 3.63) is 72.4 Å². The molecule has 0 radical (unpaired) electrons. The highest BCUT2D eigenvalue weighted by molar-refractivity contribution is 5.82. The number of halogens is 1. The molecular formula is C22H21FN6. The summed E-state index contributed by atoms with van der Waals surface area (Å²) in [6.45, 7) is 7.66. The van der Waals surface area contributed by atoms with Gasteiger partial charge in [-0.1, -0.05) is 18.7 Å². The van der Waals surface area contributed by atoms with Gasteiger partial charge >= 0.3 is 0 Å². The molecule has 0 amide bonds. The average molecular weight is 388 g/mol. The maximum absolute atomic E-state index is 13.3. The topological polar surface area (TPSA) is 62.1 Å². The van der Waals surface area contributed by atoms with Crippen LogP contribution in [0.3, 0.4) is 0 Å². The van der Waals surface area contributed by atoms with E-state index in [0.29, 0.717) is 11.3 Å². The van der Waals surface area contributed by atoms with Crippen molar-refractivity contribution in [1.82, 2.24) is 23.8 Å². The summed E-state index contributed by atoms with van der Waals surface area (Å²) >= 11 is 0. The van der Waals surface area contributed by atoms with Crippen LogP contribution in [0.25, 0.3) is 22.5 Å². The Labute approximate surface area is 168 Å². The molecule has 3 aromatic rings. The van der Waals surface area contributed by atoms with Crippen molar-refractivity contribution < 1.29 is 4.39 Å². The molecule has 0 fully saturated rings. The summed E-state index contributed by atoms with van der Waals surface area (Å²) in [5.41, 5.74) is 4.67. The molecule has 7 heteroatoms. The van der Waals surface area contributed by atoms with E-state index < -0.39 is 5.83 Å². The summed E-state index contributed by atoms with van der Waals surface area (Å²) in [6, 6.07) is 6.05. The average Bonchev–Trinajstić information content (AvgIpc) is 3.28. The normalized spacial score (nSPS) is 15.0. The van der Waals surface area contributed by atoms with Crippen LogP contribution >= 0.6 is 0 Å². The largest absolute Gasteiger partial charge is 0.325 e. The molecule has 0 aliphatic carbocycles. The van der Waals surface area contributed by atoms with Crippen LogP contribution in [0.4, 0.5) is 4.39 Å². The number of imidazole rings is 2. The highest BCUT2D eigenvalue weighted by Gasteiger charge is 2.24. The predicted molar refractivity (Wildman–Crippen MR) is 111 cm³/mol. The minimum Gasteiger partial charge on any atom is -0.325 e. The van der Waals surface area contributed by atoms with E-state index in [1.54, 1.807) is 16.7 Å². The summed E-state index contributed by atoms with van der Waals surface area (Å²) in [5, 5.41) is 9.37. The lowest BCUT2D eigenvalue weighted by molar-refractivity contribution is 0.265. The number of pyridine rings is 1. The van der Waals surface area contributed by atoms with Crippen molar-refractivity contribution in [1.29, 1.82) is 5.26 Å². The lowest BCUT2D eigenvalue weighted by Gasteiger charge is -2.24. The summed E-state index contributed by atoms with van der Waals surface area (Å²) in [7, 11) is 2.07. The molecule has 6 nitrogen and oxygen atoms in total. The molecular weight excluding hydrogens is 367 g/mol. The second-order valence-corrected chi connectivity index (χ2v) is 7.04. The van der Waals surface area contributed by atoms with Crippen LogP contribution in [0, 0.1) is 11.3 Å². The molecule has 4 rings (SSSR count). The van der Waals surface area contributed by atoms with Crippen LogP contribution in [0.1, 0.15) is 24.1 Å². The van der Waals surface area contributed by atoms with Gasteiger partial charge < -0.3 is 4.57 Å². The van der Waals surface area contributed by atoms with Crippen LogP contribution < -0.4 is 0 Å². The highest BCUT2D eigenvalue weighted by Crippen LogP contribution is 2.33. The Balaban J connectivity index is 1.94. The maximum atomic E-state index is 13.3. The second kappa shape index (κ2) is 7.49. The Morgan fingerprint density at radius 1 is 1.31 bits per heavy atom. The van der Waals surface area contributed by atoms with E-state index in [2.05, 4.69) is 34.1 Å². The van der Waals surface area contributed by atoms with E-state index in [1.165, 1.54) is 6.08 Å². The zero-order valence-electron chi connectivity index (χ0n) is 16.4. The minimum atomic E-state index is -0.506. The number of nitrogens with zero attached hydrogens (tertiary/aromatic N) is 6. The Morgan fingerprint density at radius 3 is 2.86 bits per heavy atom. The van der Waals surface area contributed by atoms with Gasteiger partial charge in [0.1, 0.15) is 29.1 Å². The Morgan fingerprint density at radius 2 is 2.14 bits per heavy atom. The number of rotatable bonds is 4. The lowest BCUT2D eigenvalue weighted by atomic mass is 10.1. The van der Waals surface area contributed by atoms with Crippen molar-refractivity contribution in [2.24, 2.45) is 0 Å². The fraction of sp³-hybridized carbons (Fsp3) is 0.227. The Bertz CT molecular complexity index is 1200. The van der Waals surface area contributed by atoms with Crippen molar-refractivity contribution in [3.63, 3.8) is 0 Å². The van der Waals surface area contributed by atoms with Gasteiger partial charge in [-0.2, -0.15) is 5.26 Å². The molecule has 1 aliphatic heterocycles. The zero-order valence-corrected chi connectivity index (χ0v) is 16.4. The first-order valence-electron chi connectivity index (χ1n) is 9.36. The number of allylic oxidation sites excluding steroid dienone is 5. The van der Waals surface area contributed by atoms with Crippen molar-refractivity contribution in [3.8, 4) is 17.3 Å². The fourth-order valence-corrected chi connectivity index (χ4v) is 3.64. The van der Waals surface area contributed by atoms with Crippen LogP contribution in [0.15, 0.2) is 55.2 Å². The lowest BCUT2D eigenvalue weighted by Crippen LogP contribution is -2.30. The molecule has 4 heterocycles. The number of hydrogen-bond donors (Lipinski definition) is 0. The number of aromatic nitrogens is 4. The maximum Gasteiger partial charge on any atom is 0.144 e. The van der Waals surface area contributed by atoms with E-state index in [0.717, 1.165) is 48.0 Å². The van der Waals surface area contributed by atoms with Crippen LogP contribution in [-0.2, 0) is 13.1 Å². The van der Waals surface area contributed by atoms with E-state index in [9.17, 15) is 9.65 Å². The number of hydrogen-bond acceptors (Lipinski definition) is 4. The third-order valence-corrected chi connectivity index (χ3v) is 5.09. The monoisotopic (exact) mass is 388 g/mol. The summed E-state index contributed by atoms with van der Waals surface area (Å²) in [5.74, 6) is 0.454. The van der Waals surface area contributed by atoms with E-state index in [1.807, 2.05) is 31.3 Å². The standard InChI is InChI=1S/C22H21FN6/c1-4-16(6-5-15(2)23)21-22(28-10-9-27(3)14-20(28)26-21)17-7-8-19-25-12-18(11-24)29(19)13-17/h4-8,12-13H,2,9-10,14H2,1,3H3/b6-5-,16-4+. The predicted octanol–water partition coefficient (Wildman–Crippen LogP) is 3.96. The zero-order chi connectivity index (χ0) is 20.5. The quantitative estimate of drug-likeness (QED) is 0.635. The van der Waals surface area contributed by atoms with Gasteiger partial charge in [0, 0.05) is 24.8 Å². The molecule has 29 heavy (non-hydrogen) atoms. The first-order chi connectivity index (χ1) is 14.0. The fourth-order valence-electron chi connectivity index (χ4n) is 3.64. The van der Waals surface area contributed by atoms with Gasteiger partial charge in [-0.25, -0.2) is 14.4 Å². The molecule has 3 aromatic heterocycles. The second-order valence-electron chi connectivity index (χ2n) is 7.04. The summed E-state index contributed by atoms with van der Waals surface area (Å²) < 4.78 is 17.2. The molecule has 0 aromatic carbocycles. The molecule has 0 bridgehead atoms. The van der Waals surface area contributed by atoms with Gasteiger partial charge in [0.2, 0.25) is 0 Å². The molecule has 0 saturated carbocycles. The molecule has 0 unspecified atom stereocenters. The van der Waals surface area contributed by atoms with Gasteiger partial charge in [0.15, 0.2) is 0 Å². The van der Waals surface area contributed by atoms with Gasteiger partial charge in [-0.3, -0.25) is 9.30 Å². The van der Waals surface area contributed by atoms with Gasteiger partial charge in [-0.05, 0) is 37.8 Å². The van der Waals surface area contributed by atoms with Crippen LogP contribution in [0.2, 0.25) is 0 Å². The SMILES string of the molecule is C=C(F)/C=C\C(=C/C)c1nc2n(c1-c1ccc3ncc(C#N)n3c1)CCN(C)C2.